The van der Waals surface area contributed by atoms with E-state index in [0.717, 1.165) is 18.4 Å². The van der Waals surface area contributed by atoms with Gasteiger partial charge in [0.2, 0.25) is 0 Å². The molecule has 1 heterocycles. The van der Waals surface area contributed by atoms with Gasteiger partial charge in [-0.25, -0.2) is 0 Å². The summed E-state index contributed by atoms with van der Waals surface area (Å²) in [5, 5.41) is 4.69. The first kappa shape index (κ1) is 12.5. The molecule has 1 nitrogen and oxygen atoms in total. The third-order valence-corrected chi connectivity index (χ3v) is 4.74. The van der Waals surface area contributed by atoms with Crippen LogP contribution in [0.1, 0.15) is 24.3 Å². The molecular formula is C13H18BrNS. The van der Waals surface area contributed by atoms with Gasteiger partial charge in [-0.1, -0.05) is 34.1 Å². The van der Waals surface area contributed by atoms with E-state index in [0.29, 0.717) is 5.92 Å². The third kappa shape index (κ3) is 3.25. The van der Waals surface area contributed by atoms with Crippen molar-refractivity contribution in [3.8, 4) is 0 Å². The topological polar surface area (TPSA) is 12.0 Å². The number of hydrogen-bond donors (Lipinski definition) is 1. The quantitative estimate of drug-likeness (QED) is 0.636. The van der Waals surface area contributed by atoms with Crippen LogP contribution in [0.15, 0.2) is 29.2 Å². The van der Waals surface area contributed by atoms with Crippen LogP contribution in [-0.4, -0.2) is 24.2 Å². The van der Waals surface area contributed by atoms with Crippen molar-refractivity contribution in [2.75, 3.05) is 24.2 Å². The van der Waals surface area contributed by atoms with Crippen LogP contribution >= 0.6 is 27.7 Å². The maximum absolute atomic E-state index is 3.57. The Balaban J connectivity index is 1.76. The number of nitrogens with one attached hydrogen (secondary N) is 1. The Labute approximate surface area is 111 Å². The van der Waals surface area contributed by atoms with Crippen LogP contribution < -0.4 is 5.32 Å². The predicted molar refractivity (Wildman–Crippen MR) is 75.8 cm³/mol. The van der Waals surface area contributed by atoms with Crippen LogP contribution in [0.3, 0.4) is 0 Å². The van der Waals surface area contributed by atoms with Crippen LogP contribution in [0.5, 0.6) is 0 Å². The van der Waals surface area contributed by atoms with Gasteiger partial charge in [0, 0.05) is 28.4 Å². The van der Waals surface area contributed by atoms with Crippen molar-refractivity contribution in [3.63, 3.8) is 0 Å². The maximum Gasteiger partial charge on any atom is 0.0108 e. The van der Waals surface area contributed by atoms with Gasteiger partial charge in [0.25, 0.3) is 0 Å². The minimum Gasteiger partial charge on any atom is -0.316 e. The Kier molecular flexibility index (Phi) is 5.20. The lowest BCUT2D eigenvalue weighted by atomic mass is 10.0. The molecule has 1 unspecified atom stereocenters. The normalized spacial score (nSPS) is 18.7. The Morgan fingerprint density at radius 3 is 3.06 bits per heavy atom. The summed E-state index contributed by atoms with van der Waals surface area (Å²) in [7, 11) is 0. The SMILES string of the molecule is BrCCCCNCC1CSc2ccccc21. The van der Waals surface area contributed by atoms with Crippen molar-refractivity contribution >= 4 is 27.7 Å². The molecule has 3 heteroatoms. The van der Waals surface area contributed by atoms with Gasteiger partial charge in [-0.05, 0) is 31.0 Å². The molecule has 0 saturated carbocycles. The van der Waals surface area contributed by atoms with E-state index in [2.05, 4.69) is 45.5 Å². The lowest BCUT2D eigenvalue weighted by Crippen LogP contribution is -2.22. The molecule has 1 N–H and O–H groups in total. The first-order chi connectivity index (χ1) is 7.92. The van der Waals surface area contributed by atoms with Crippen LogP contribution in [0.2, 0.25) is 0 Å². The third-order valence-electron chi connectivity index (χ3n) is 2.93. The highest BCUT2D eigenvalue weighted by Gasteiger charge is 2.21. The number of rotatable bonds is 6. The summed E-state index contributed by atoms with van der Waals surface area (Å²) < 4.78 is 0. The molecule has 0 amide bonds. The Morgan fingerprint density at radius 2 is 2.19 bits per heavy atom. The highest BCUT2D eigenvalue weighted by atomic mass is 79.9. The molecule has 2 rings (SSSR count). The highest BCUT2D eigenvalue weighted by molar-refractivity contribution is 9.09. The van der Waals surface area contributed by atoms with E-state index in [-0.39, 0.29) is 0 Å². The molecular weight excluding hydrogens is 282 g/mol. The van der Waals surface area contributed by atoms with Gasteiger partial charge in [0.1, 0.15) is 0 Å². The summed E-state index contributed by atoms with van der Waals surface area (Å²) in [5.41, 5.74) is 1.54. The fraction of sp³-hybridized carbons (Fsp3) is 0.538. The fourth-order valence-electron chi connectivity index (χ4n) is 2.02. The van der Waals surface area contributed by atoms with Crippen molar-refractivity contribution in [3.05, 3.63) is 29.8 Å². The minimum atomic E-state index is 0.713. The van der Waals surface area contributed by atoms with E-state index in [1.54, 1.807) is 5.56 Å². The first-order valence-corrected chi connectivity index (χ1v) is 8.01. The first-order valence-electron chi connectivity index (χ1n) is 5.90. The van der Waals surface area contributed by atoms with Crippen molar-refractivity contribution in [1.29, 1.82) is 0 Å². The second-order valence-corrected chi connectivity index (χ2v) is 6.00. The number of hydrogen-bond acceptors (Lipinski definition) is 2. The van der Waals surface area contributed by atoms with Crippen LogP contribution in [0.4, 0.5) is 0 Å². The number of benzene rings is 1. The zero-order chi connectivity index (χ0) is 11.2. The summed E-state index contributed by atoms with van der Waals surface area (Å²) in [5.74, 6) is 1.95. The second-order valence-electron chi connectivity index (χ2n) is 4.15. The molecule has 1 atom stereocenters. The van der Waals surface area contributed by atoms with E-state index in [9.17, 15) is 0 Å². The summed E-state index contributed by atoms with van der Waals surface area (Å²) in [4.78, 5) is 1.48. The van der Waals surface area contributed by atoms with Gasteiger partial charge >= 0.3 is 0 Å². The van der Waals surface area contributed by atoms with Crippen LogP contribution in [0.25, 0.3) is 0 Å². The van der Waals surface area contributed by atoms with E-state index in [1.165, 1.54) is 23.5 Å². The van der Waals surface area contributed by atoms with Crippen molar-refractivity contribution in [2.45, 2.75) is 23.7 Å². The molecule has 1 aliphatic rings. The summed E-state index contributed by atoms with van der Waals surface area (Å²) in [6.07, 6.45) is 2.54. The zero-order valence-corrected chi connectivity index (χ0v) is 11.8. The Hall–Kier alpha value is 0.0100. The van der Waals surface area contributed by atoms with E-state index in [4.69, 9.17) is 0 Å². The molecule has 0 saturated heterocycles. The second kappa shape index (κ2) is 6.67. The van der Waals surface area contributed by atoms with Crippen LogP contribution in [0, 0.1) is 0 Å². The number of alkyl halides is 1. The summed E-state index contributed by atoms with van der Waals surface area (Å²) in [6, 6.07) is 8.81. The van der Waals surface area contributed by atoms with Crippen LogP contribution in [-0.2, 0) is 0 Å². The maximum atomic E-state index is 3.57. The van der Waals surface area contributed by atoms with Gasteiger partial charge < -0.3 is 5.32 Å². The lowest BCUT2D eigenvalue weighted by molar-refractivity contribution is 0.598. The van der Waals surface area contributed by atoms with Gasteiger partial charge in [0.05, 0.1) is 0 Å². The zero-order valence-electron chi connectivity index (χ0n) is 9.42. The molecule has 0 radical (unpaired) electrons. The number of fused-ring (bicyclic) bond motifs is 1. The predicted octanol–water partition coefficient (Wildman–Crippen LogP) is 3.64. The van der Waals surface area contributed by atoms with E-state index >= 15 is 0 Å². The van der Waals surface area contributed by atoms with Gasteiger partial charge in [0.15, 0.2) is 0 Å². The average molecular weight is 300 g/mol. The molecule has 1 aromatic carbocycles. The molecule has 1 aromatic rings. The van der Waals surface area contributed by atoms with Crippen molar-refractivity contribution < 1.29 is 0 Å². The average Bonchev–Trinajstić information content (AvgIpc) is 2.73. The molecule has 16 heavy (non-hydrogen) atoms. The monoisotopic (exact) mass is 299 g/mol. The van der Waals surface area contributed by atoms with E-state index in [1.807, 2.05) is 11.8 Å². The molecule has 0 bridgehead atoms. The molecule has 0 aliphatic carbocycles. The molecule has 0 aromatic heterocycles. The highest BCUT2D eigenvalue weighted by Crippen LogP contribution is 2.38. The molecule has 1 aliphatic heterocycles. The van der Waals surface area contributed by atoms with Crippen molar-refractivity contribution in [1.82, 2.24) is 5.32 Å². The smallest absolute Gasteiger partial charge is 0.0108 e. The Morgan fingerprint density at radius 1 is 1.31 bits per heavy atom. The van der Waals surface area contributed by atoms with Gasteiger partial charge in [-0.3, -0.25) is 0 Å². The molecule has 88 valence electrons. The largest absolute Gasteiger partial charge is 0.316 e. The number of unbranched alkanes of at least 4 members (excludes halogenated alkanes) is 1. The molecule has 0 spiro atoms. The standard InChI is InChI=1S/C13H18BrNS/c14-7-3-4-8-15-9-11-10-16-13-6-2-1-5-12(11)13/h1-2,5-6,11,15H,3-4,7-10H2. The van der Waals surface area contributed by atoms with Gasteiger partial charge in [-0.15, -0.1) is 11.8 Å². The minimum absolute atomic E-state index is 0.713. The lowest BCUT2D eigenvalue weighted by Gasteiger charge is -2.11. The Bertz CT molecular complexity index is 329. The fourth-order valence-corrected chi connectivity index (χ4v) is 3.67. The number of thioether (sulfide) groups is 1. The van der Waals surface area contributed by atoms with E-state index < -0.39 is 0 Å². The van der Waals surface area contributed by atoms with Crippen molar-refractivity contribution in [2.24, 2.45) is 0 Å². The van der Waals surface area contributed by atoms with Gasteiger partial charge in [-0.2, -0.15) is 0 Å². The summed E-state index contributed by atoms with van der Waals surface area (Å²) in [6.45, 7) is 2.28. The number of halogens is 1. The summed E-state index contributed by atoms with van der Waals surface area (Å²) >= 11 is 5.45. The molecule has 0 fully saturated rings.